The summed E-state index contributed by atoms with van der Waals surface area (Å²) in [6, 6.07) is 4.70. The number of carbonyl (C=O) groups excluding carboxylic acids is 2. The highest BCUT2D eigenvalue weighted by Gasteiger charge is 2.16. The number of anilines is 1. The fourth-order valence-corrected chi connectivity index (χ4v) is 1.71. The second-order valence-electron chi connectivity index (χ2n) is 4.32. The van der Waals surface area contributed by atoms with E-state index in [9.17, 15) is 18.8 Å². The van der Waals surface area contributed by atoms with Gasteiger partial charge in [0.25, 0.3) is 0 Å². The molecule has 0 spiro atoms. The predicted octanol–water partition coefficient (Wildman–Crippen LogP) is 2.14. The van der Waals surface area contributed by atoms with Crippen LogP contribution in [0.5, 0.6) is 0 Å². The molecule has 0 aliphatic heterocycles. The summed E-state index contributed by atoms with van der Waals surface area (Å²) in [7, 11) is 0. The zero-order valence-corrected chi connectivity index (χ0v) is 11.6. The second kappa shape index (κ2) is 7.98. The summed E-state index contributed by atoms with van der Waals surface area (Å²) in [4.78, 5) is 35.1. The van der Waals surface area contributed by atoms with Gasteiger partial charge in [-0.15, -0.1) is 0 Å². The Morgan fingerprint density at radius 1 is 1.19 bits per heavy atom. The molecule has 21 heavy (non-hydrogen) atoms. The van der Waals surface area contributed by atoms with Gasteiger partial charge in [0.2, 0.25) is 5.91 Å². The minimum Gasteiger partial charge on any atom is -0.481 e. The molecule has 0 radical (unpaired) electrons. The van der Waals surface area contributed by atoms with Crippen LogP contribution < -0.4 is 10.2 Å². The number of hydrogen-bond acceptors (Lipinski definition) is 3. The van der Waals surface area contributed by atoms with Crippen LogP contribution in [0.15, 0.2) is 24.3 Å². The van der Waals surface area contributed by atoms with Gasteiger partial charge in [-0.05, 0) is 37.6 Å². The van der Waals surface area contributed by atoms with Crippen LogP contribution in [0.3, 0.4) is 0 Å². The molecule has 6 nitrogen and oxygen atoms in total. The van der Waals surface area contributed by atoms with Gasteiger partial charge in [0.1, 0.15) is 5.82 Å². The van der Waals surface area contributed by atoms with Crippen LogP contribution in [0.1, 0.15) is 26.2 Å². The van der Waals surface area contributed by atoms with Crippen molar-refractivity contribution in [3.63, 3.8) is 0 Å². The molecule has 0 saturated heterocycles. The normalized spacial score (nSPS) is 10.0. The molecule has 0 fully saturated rings. The third-order valence-corrected chi connectivity index (χ3v) is 2.74. The monoisotopic (exact) mass is 296 g/mol. The number of benzene rings is 1. The first-order valence-electron chi connectivity index (χ1n) is 6.52. The quantitative estimate of drug-likeness (QED) is 0.842. The number of rotatable bonds is 6. The molecule has 2 N–H and O–H groups in total. The maximum atomic E-state index is 12.8. The number of nitrogens with one attached hydrogen (secondary N) is 1. The van der Waals surface area contributed by atoms with Crippen LogP contribution in [-0.2, 0) is 9.59 Å². The van der Waals surface area contributed by atoms with E-state index in [1.54, 1.807) is 6.92 Å². The molecule has 0 aromatic heterocycles. The number of aliphatic carboxylic acids is 1. The lowest BCUT2D eigenvalue weighted by Gasteiger charge is -2.20. The van der Waals surface area contributed by atoms with E-state index < -0.39 is 23.7 Å². The maximum absolute atomic E-state index is 12.8. The van der Waals surface area contributed by atoms with E-state index in [2.05, 4.69) is 5.32 Å². The Morgan fingerprint density at radius 2 is 1.81 bits per heavy atom. The number of amides is 3. The van der Waals surface area contributed by atoms with Crippen molar-refractivity contribution in [3.8, 4) is 0 Å². The molecule has 0 aliphatic rings. The fraction of sp³-hybridized carbons (Fsp3) is 0.357. The van der Waals surface area contributed by atoms with Crippen LogP contribution in [0.4, 0.5) is 14.9 Å². The lowest BCUT2D eigenvalue weighted by molar-refractivity contribution is -0.137. The first kappa shape index (κ1) is 16.6. The second-order valence-corrected chi connectivity index (χ2v) is 4.32. The van der Waals surface area contributed by atoms with Crippen molar-refractivity contribution in [2.24, 2.45) is 0 Å². The molecule has 0 atom stereocenters. The largest absolute Gasteiger partial charge is 0.481 e. The van der Waals surface area contributed by atoms with Crippen LogP contribution in [0.25, 0.3) is 0 Å². The average molecular weight is 296 g/mol. The van der Waals surface area contributed by atoms with E-state index in [1.165, 1.54) is 29.2 Å². The molecule has 1 rings (SSSR count). The predicted molar refractivity (Wildman–Crippen MR) is 74.4 cm³/mol. The van der Waals surface area contributed by atoms with Crippen molar-refractivity contribution in [3.05, 3.63) is 30.1 Å². The van der Waals surface area contributed by atoms with Gasteiger partial charge in [0.15, 0.2) is 0 Å². The van der Waals surface area contributed by atoms with E-state index in [-0.39, 0.29) is 19.3 Å². The summed E-state index contributed by atoms with van der Waals surface area (Å²) in [6.07, 6.45) is -0.00675. The molecule has 7 heteroatoms. The Kier molecular flexibility index (Phi) is 6.32. The Labute approximate surface area is 121 Å². The molecular weight excluding hydrogens is 279 g/mol. The SMILES string of the molecule is CCN(C(=O)NC(=O)CCCC(=O)O)c1ccc(F)cc1. The minimum absolute atomic E-state index is 0.0426. The van der Waals surface area contributed by atoms with Crippen LogP contribution >= 0.6 is 0 Å². The zero-order chi connectivity index (χ0) is 15.8. The average Bonchev–Trinajstić information content (AvgIpc) is 2.41. The molecule has 3 amide bonds. The number of nitrogens with zero attached hydrogens (tertiary/aromatic N) is 1. The Morgan fingerprint density at radius 3 is 2.33 bits per heavy atom. The van der Waals surface area contributed by atoms with Gasteiger partial charge < -0.3 is 5.11 Å². The molecule has 1 aromatic rings. The van der Waals surface area contributed by atoms with Crippen molar-refractivity contribution in [2.45, 2.75) is 26.2 Å². The van der Waals surface area contributed by atoms with Crippen LogP contribution in [-0.4, -0.2) is 29.6 Å². The van der Waals surface area contributed by atoms with E-state index in [0.29, 0.717) is 12.2 Å². The first-order valence-corrected chi connectivity index (χ1v) is 6.52. The topological polar surface area (TPSA) is 86.7 Å². The number of urea groups is 1. The number of imide groups is 1. The summed E-state index contributed by atoms with van der Waals surface area (Å²) in [6.45, 7) is 2.03. The molecule has 0 bridgehead atoms. The van der Waals surface area contributed by atoms with Gasteiger partial charge >= 0.3 is 12.0 Å². The van der Waals surface area contributed by atoms with Crippen LogP contribution in [0, 0.1) is 5.82 Å². The van der Waals surface area contributed by atoms with Gasteiger partial charge in [-0.2, -0.15) is 0 Å². The third kappa shape index (κ3) is 5.60. The molecular formula is C14H17FN2O4. The van der Waals surface area contributed by atoms with Crippen molar-refractivity contribution in [2.75, 3.05) is 11.4 Å². The third-order valence-electron chi connectivity index (χ3n) is 2.74. The zero-order valence-electron chi connectivity index (χ0n) is 11.6. The standard InChI is InChI=1S/C14H17FN2O4/c1-2-17(11-8-6-10(15)7-9-11)14(21)16-12(18)4-3-5-13(19)20/h6-9H,2-5H2,1H3,(H,19,20)(H,16,18,21). The van der Waals surface area contributed by atoms with Gasteiger partial charge in [-0.25, -0.2) is 9.18 Å². The van der Waals surface area contributed by atoms with E-state index in [4.69, 9.17) is 5.11 Å². The van der Waals surface area contributed by atoms with Crippen molar-refractivity contribution in [1.82, 2.24) is 5.32 Å². The maximum Gasteiger partial charge on any atom is 0.328 e. The molecule has 0 aliphatic carbocycles. The highest BCUT2D eigenvalue weighted by atomic mass is 19.1. The lowest BCUT2D eigenvalue weighted by atomic mass is 10.2. The number of carboxylic acids is 1. The number of carboxylic acid groups (broad SMARTS) is 1. The number of carbonyl (C=O) groups is 3. The van der Waals surface area contributed by atoms with Gasteiger partial charge in [0.05, 0.1) is 0 Å². The number of halogens is 1. The summed E-state index contributed by atoms with van der Waals surface area (Å²) >= 11 is 0. The molecule has 0 saturated carbocycles. The molecule has 114 valence electrons. The highest BCUT2D eigenvalue weighted by Crippen LogP contribution is 2.14. The fourth-order valence-electron chi connectivity index (χ4n) is 1.71. The summed E-state index contributed by atoms with van der Waals surface area (Å²) in [5, 5.41) is 10.6. The Balaban J connectivity index is 2.57. The lowest BCUT2D eigenvalue weighted by Crippen LogP contribution is -2.43. The molecule has 0 unspecified atom stereocenters. The Hall–Kier alpha value is -2.44. The first-order chi connectivity index (χ1) is 9.93. The summed E-state index contributed by atoms with van der Waals surface area (Å²) in [5.41, 5.74) is 0.467. The smallest absolute Gasteiger partial charge is 0.328 e. The van der Waals surface area contributed by atoms with Crippen molar-refractivity contribution >= 4 is 23.6 Å². The summed E-state index contributed by atoms with van der Waals surface area (Å²) in [5.74, 6) is -1.95. The molecule has 1 aromatic carbocycles. The van der Waals surface area contributed by atoms with Gasteiger partial charge in [-0.3, -0.25) is 19.8 Å². The number of hydrogen-bond donors (Lipinski definition) is 2. The van der Waals surface area contributed by atoms with Crippen molar-refractivity contribution < 1.29 is 23.9 Å². The highest BCUT2D eigenvalue weighted by molar-refractivity contribution is 6.02. The van der Waals surface area contributed by atoms with E-state index in [1.807, 2.05) is 0 Å². The van der Waals surface area contributed by atoms with Crippen molar-refractivity contribution in [1.29, 1.82) is 0 Å². The van der Waals surface area contributed by atoms with E-state index in [0.717, 1.165) is 0 Å². The summed E-state index contributed by atoms with van der Waals surface area (Å²) < 4.78 is 12.8. The van der Waals surface area contributed by atoms with E-state index >= 15 is 0 Å². The van der Waals surface area contributed by atoms with Gasteiger partial charge in [0, 0.05) is 25.1 Å². The van der Waals surface area contributed by atoms with Gasteiger partial charge in [-0.1, -0.05) is 0 Å². The minimum atomic E-state index is -0.990. The Bertz CT molecular complexity index is 516. The molecule has 0 heterocycles. The van der Waals surface area contributed by atoms with Crippen LogP contribution in [0.2, 0.25) is 0 Å².